The van der Waals surface area contributed by atoms with E-state index in [2.05, 4.69) is 20.7 Å². The predicted molar refractivity (Wildman–Crippen MR) is 78.7 cm³/mol. The van der Waals surface area contributed by atoms with Crippen molar-refractivity contribution < 1.29 is 13.2 Å². The van der Waals surface area contributed by atoms with Gasteiger partial charge in [0, 0.05) is 17.6 Å². The van der Waals surface area contributed by atoms with Gasteiger partial charge in [0.1, 0.15) is 0 Å². The van der Waals surface area contributed by atoms with E-state index in [-0.39, 0.29) is 11.4 Å². The molecule has 0 atom stereocenters. The number of sulfonamides is 1. The molecule has 0 radical (unpaired) electrons. The van der Waals surface area contributed by atoms with Gasteiger partial charge in [-0.05, 0) is 42.2 Å². The minimum absolute atomic E-state index is 0.239. The molecule has 0 heterocycles. The summed E-state index contributed by atoms with van der Waals surface area (Å²) >= 11 is 3.23. The average Bonchev–Trinajstić information content (AvgIpc) is 2.33. The number of rotatable bonds is 8. The molecular weight excluding hydrogens is 332 g/mol. The Hall–Kier alpha value is -0.470. The molecule has 1 aromatic carbocycles. The van der Waals surface area contributed by atoms with Crippen LogP contribution in [0, 0.1) is 0 Å². The molecule has 0 saturated heterocycles. The standard InChI is InChI=1S/C12H19BrN2O3S/c1-15(2)8-10-18-9-7-14-19(16,17)12-6-4-3-5-11(12)13/h3-6,14H,7-10H2,1-2H3. The Bertz CT molecular complexity index is 492. The van der Waals surface area contributed by atoms with Crippen molar-refractivity contribution in [3.63, 3.8) is 0 Å². The molecule has 1 aromatic rings. The highest BCUT2D eigenvalue weighted by atomic mass is 79.9. The van der Waals surface area contributed by atoms with Crippen LogP contribution in [0.5, 0.6) is 0 Å². The maximum Gasteiger partial charge on any atom is 0.241 e. The second-order valence-electron chi connectivity index (χ2n) is 4.24. The molecule has 108 valence electrons. The minimum Gasteiger partial charge on any atom is -0.379 e. The molecule has 7 heteroatoms. The molecular formula is C12H19BrN2O3S. The second kappa shape index (κ2) is 7.96. The summed E-state index contributed by atoms with van der Waals surface area (Å²) in [6.45, 7) is 2.02. The summed E-state index contributed by atoms with van der Waals surface area (Å²) in [7, 11) is 0.433. The van der Waals surface area contributed by atoms with E-state index in [1.165, 1.54) is 0 Å². The number of benzene rings is 1. The highest BCUT2D eigenvalue weighted by Crippen LogP contribution is 2.20. The fourth-order valence-corrected chi connectivity index (χ4v) is 3.35. The number of hydrogen-bond acceptors (Lipinski definition) is 4. The van der Waals surface area contributed by atoms with Crippen molar-refractivity contribution in [1.82, 2.24) is 9.62 Å². The van der Waals surface area contributed by atoms with E-state index < -0.39 is 10.0 Å². The van der Waals surface area contributed by atoms with Crippen molar-refractivity contribution in [2.75, 3.05) is 40.4 Å². The number of nitrogens with zero attached hydrogens (tertiary/aromatic N) is 1. The zero-order chi connectivity index (χ0) is 14.3. The van der Waals surface area contributed by atoms with Crippen molar-refractivity contribution in [2.45, 2.75) is 4.90 Å². The highest BCUT2D eigenvalue weighted by molar-refractivity contribution is 9.10. The Morgan fingerprint density at radius 1 is 1.26 bits per heavy atom. The number of halogens is 1. The van der Waals surface area contributed by atoms with Gasteiger partial charge < -0.3 is 9.64 Å². The van der Waals surface area contributed by atoms with Crippen molar-refractivity contribution in [1.29, 1.82) is 0 Å². The van der Waals surface area contributed by atoms with Gasteiger partial charge in [0.05, 0.1) is 18.1 Å². The van der Waals surface area contributed by atoms with Crippen LogP contribution in [0.1, 0.15) is 0 Å². The Labute approximate surface area is 123 Å². The molecule has 0 aliphatic rings. The molecule has 0 amide bonds. The molecule has 0 aliphatic carbocycles. The van der Waals surface area contributed by atoms with Crippen molar-refractivity contribution in [3.8, 4) is 0 Å². The third-order valence-corrected chi connectivity index (χ3v) is 4.82. The number of likely N-dealkylation sites (N-methyl/N-ethyl adjacent to an activating group) is 1. The first-order valence-corrected chi connectivity index (χ1v) is 8.18. The van der Waals surface area contributed by atoms with E-state index in [1.54, 1.807) is 24.3 Å². The summed E-state index contributed by atoms with van der Waals surface area (Å²) in [6.07, 6.45) is 0. The van der Waals surface area contributed by atoms with Crippen molar-refractivity contribution in [3.05, 3.63) is 28.7 Å². The fraction of sp³-hybridized carbons (Fsp3) is 0.500. The quantitative estimate of drug-likeness (QED) is 0.718. The summed E-state index contributed by atoms with van der Waals surface area (Å²) in [5, 5.41) is 0. The van der Waals surface area contributed by atoms with Crippen LogP contribution in [-0.4, -0.2) is 53.7 Å². The normalized spacial score (nSPS) is 12.0. The largest absolute Gasteiger partial charge is 0.379 e. The van der Waals surface area contributed by atoms with E-state index in [0.717, 1.165) is 6.54 Å². The van der Waals surface area contributed by atoms with Crippen LogP contribution in [0.25, 0.3) is 0 Å². The van der Waals surface area contributed by atoms with Gasteiger partial charge in [-0.15, -0.1) is 0 Å². The molecule has 0 fully saturated rings. The maximum atomic E-state index is 12.0. The first-order valence-electron chi connectivity index (χ1n) is 5.90. The van der Waals surface area contributed by atoms with Gasteiger partial charge in [0.2, 0.25) is 10.0 Å². The second-order valence-corrected chi connectivity index (χ2v) is 6.83. The third kappa shape index (κ3) is 6.01. The summed E-state index contributed by atoms with van der Waals surface area (Å²) < 4.78 is 32.4. The summed E-state index contributed by atoms with van der Waals surface area (Å²) in [6, 6.07) is 6.71. The van der Waals surface area contributed by atoms with E-state index >= 15 is 0 Å². The summed E-state index contributed by atoms with van der Waals surface area (Å²) in [5.74, 6) is 0. The molecule has 0 unspecified atom stereocenters. The van der Waals surface area contributed by atoms with Crippen molar-refractivity contribution in [2.24, 2.45) is 0 Å². The van der Waals surface area contributed by atoms with E-state index in [4.69, 9.17) is 4.74 Å². The predicted octanol–water partition coefficient (Wildman–Crippen LogP) is 1.31. The zero-order valence-electron chi connectivity index (χ0n) is 11.1. The molecule has 1 rings (SSSR count). The van der Waals surface area contributed by atoms with Crippen LogP contribution >= 0.6 is 15.9 Å². The zero-order valence-corrected chi connectivity index (χ0v) is 13.5. The van der Waals surface area contributed by atoms with Crippen molar-refractivity contribution >= 4 is 26.0 Å². The Kier molecular flexibility index (Phi) is 6.95. The van der Waals surface area contributed by atoms with Crippen LogP contribution in [0.2, 0.25) is 0 Å². The SMILES string of the molecule is CN(C)CCOCCNS(=O)(=O)c1ccccc1Br. The lowest BCUT2D eigenvalue weighted by atomic mass is 10.4. The third-order valence-electron chi connectivity index (χ3n) is 2.35. The molecule has 0 aliphatic heterocycles. The molecule has 5 nitrogen and oxygen atoms in total. The molecule has 1 N–H and O–H groups in total. The monoisotopic (exact) mass is 350 g/mol. The fourth-order valence-electron chi connectivity index (χ4n) is 1.34. The lowest BCUT2D eigenvalue weighted by Gasteiger charge is -2.11. The van der Waals surface area contributed by atoms with Gasteiger partial charge in [0.15, 0.2) is 0 Å². The smallest absolute Gasteiger partial charge is 0.241 e. The molecule has 19 heavy (non-hydrogen) atoms. The Morgan fingerprint density at radius 2 is 1.95 bits per heavy atom. The van der Waals surface area contributed by atoms with Crippen LogP contribution in [0.15, 0.2) is 33.6 Å². The van der Waals surface area contributed by atoms with Crippen LogP contribution < -0.4 is 4.72 Å². The first-order chi connectivity index (χ1) is 8.93. The number of hydrogen-bond donors (Lipinski definition) is 1. The van der Waals surface area contributed by atoms with E-state index in [1.807, 2.05) is 19.0 Å². The maximum absolute atomic E-state index is 12.0. The van der Waals surface area contributed by atoms with Gasteiger partial charge in [-0.2, -0.15) is 0 Å². The van der Waals surface area contributed by atoms with Crippen LogP contribution in [0.3, 0.4) is 0 Å². The van der Waals surface area contributed by atoms with Crippen LogP contribution in [-0.2, 0) is 14.8 Å². The molecule has 0 saturated carbocycles. The molecule has 0 spiro atoms. The Morgan fingerprint density at radius 3 is 2.58 bits per heavy atom. The number of nitrogens with one attached hydrogen (secondary N) is 1. The van der Waals surface area contributed by atoms with E-state index in [9.17, 15) is 8.42 Å². The van der Waals surface area contributed by atoms with Crippen LogP contribution in [0.4, 0.5) is 0 Å². The minimum atomic E-state index is -3.48. The van der Waals surface area contributed by atoms with Gasteiger partial charge in [0.25, 0.3) is 0 Å². The first kappa shape index (κ1) is 16.6. The number of ether oxygens (including phenoxy) is 1. The van der Waals surface area contributed by atoms with Gasteiger partial charge in [-0.3, -0.25) is 0 Å². The van der Waals surface area contributed by atoms with Gasteiger partial charge in [-0.25, -0.2) is 13.1 Å². The summed E-state index contributed by atoms with van der Waals surface area (Å²) in [5.41, 5.74) is 0. The lowest BCUT2D eigenvalue weighted by Crippen LogP contribution is -2.28. The summed E-state index contributed by atoms with van der Waals surface area (Å²) in [4.78, 5) is 2.24. The molecule has 0 aromatic heterocycles. The van der Waals surface area contributed by atoms with E-state index in [0.29, 0.717) is 17.7 Å². The molecule has 0 bridgehead atoms. The highest BCUT2D eigenvalue weighted by Gasteiger charge is 2.15. The lowest BCUT2D eigenvalue weighted by molar-refractivity contribution is 0.122. The Balaban J connectivity index is 2.38. The van der Waals surface area contributed by atoms with Gasteiger partial charge in [-0.1, -0.05) is 12.1 Å². The average molecular weight is 351 g/mol. The topological polar surface area (TPSA) is 58.6 Å². The van der Waals surface area contributed by atoms with Gasteiger partial charge >= 0.3 is 0 Å².